The fraction of sp³-hybridized carbons (Fsp3) is 0.556. The molecule has 0 radical (unpaired) electrons. The third kappa shape index (κ3) is 1.71. The summed E-state index contributed by atoms with van der Waals surface area (Å²) in [6.07, 6.45) is 7.88. The van der Waals surface area contributed by atoms with Crippen LogP contribution in [0.4, 0.5) is 0 Å². The van der Waals surface area contributed by atoms with Crippen LogP contribution in [0.3, 0.4) is 0 Å². The van der Waals surface area contributed by atoms with Crippen LogP contribution in [-0.2, 0) is 0 Å². The predicted octanol–water partition coefficient (Wildman–Crippen LogP) is 1.82. The third-order valence-electron chi connectivity index (χ3n) is 1.88. The topological polar surface area (TPSA) is 3.24 Å². The van der Waals surface area contributed by atoms with Gasteiger partial charge in [-0.2, -0.15) is 0 Å². The van der Waals surface area contributed by atoms with E-state index in [0.717, 1.165) is 6.42 Å². The number of likely N-dealkylation sites (N-methyl/N-ethyl adjacent to an activating group) is 1. The largest absolute Gasteiger partial charge is 0.303 e. The van der Waals surface area contributed by atoms with Crippen molar-refractivity contribution in [1.82, 2.24) is 4.90 Å². The first-order valence-electron chi connectivity index (χ1n) is 3.71. The molecule has 1 heteroatoms. The van der Waals surface area contributed by atoms with Gasteiger partial charge in [-0.15, -0.1) is 0 Å². The highest BCUT2D eigenvalue weighted by atomic mass is 15.1. The van der Waals surface area contributed by atoms with Gasteiger partial charge >= 0.3 is 0 Å². The normalized spacial score (nSPS) is 25.2. The molecule has 0 bridgehead atoms. The molecular formula is C9H15N. The van der Waals surface area contributed by atoms with Crippen LogP contribution < -0.4 is 0 Å². The summed E-state index contributed by atoms with van der Waals surface area (Å²) in [6, 6.07) is 0.616. The molecule has 0 N–H and O–H groups in total. The molecule has 56 valence electrons. The first kappa shape index (κ1) is 7.55. The molecule has 0 amide bonds. The minimum Gasteiger partial charge on any atom is -0.303 e. The van der Waals surface area contributed by atoms with Gasteiger partial charge in [0.1, 0.15) is 0 Å². The lowest BCUT2D eigenvalue weighted by molar-refractivity contribution is 0.342. The quantitative estimate of drug-likeness (QED) is 0.533. The SMILES string of the molecule is CC1=CC(N(C)C)CC=C1. The Morgan fingerprint density at radius 1 is 1.50 bits per heavy atom. The summed E-state index contributed by atoms with van der Waals surface area (Å²) in [7, 11) is 4.24. The molecule has 1 nitrogen and oxygen atoms in total. The molecule has 0 aromatic heterocycles. The van der Waals surface area contributed by atoms with Crippen molar-refractivity contribution >= 4 is 0 Å². The minimum absolute atomic E-state index is 0.616. The first-order valence-corrected chi connectivity index (χ1v) is 3.71. The van der Waals surface area contributed by atoms with E-state index in [1.807, 2.05) is 0 Å². The van der Waals surface area contributed by atoms with Gasteiger partial charge in [0.15, 0.2) is 0 Å². The highest BCUT2D eigenvalue weighted by molar-refractivity contribution is 5.23. The van der Waals surface area contributed by atoms with Crippen LogP contribution in [0.5, 0.6) is 0 Å². The van der Waals surface area contributed by atoms with Gasteiger partial charge in [-0.05, 0) is 27.4 Å². The first-order chi connectivity index (χ1) is 4.70. The van der Waals surface area contributed by atoms with Gasteiger partial charge < -0.3 is 4.90 Å². The van der Waals surface area contributed by atoms with Crippen LogP contribution in [-0.4, -0.2) is 25.0 Å². The van der Waals surface area contributed by atoms with Crippen LogP contribution in [0.25, 0.3) is 0 Å². The van der Waals surface area contributed by atoms with Crippen LogP contribution in [0, 0.1) is 0 Å². The zero-order valence-corrected chi connectivity index (χ0v) is 6.96. The molecule has 0 fully saturated rings. The standard InChI is InChI=1S/C9H15N/c1-8-5-4-6-9(7-8)10(2)3/h4-5,7,9H,6H2,1-3H3. The van der Waals surface area contributed by atoms with E-state index in [9.17, 15) is 0 Å². The average molecular weight is 137 g/mol. The molecule has 1 aliphatic carbocycles. The number of rotatable bonds is 1. The van der Waals surface area contributed by atoms with Gasteiger partial charge in [0.2, 0.25) is 0 Å². The van der Waals surface area contributed by atoms with Gasteiger partial charge in [-0.3, -0.25) is 0 Å². The Kier molecular flexibility index (Phi) is 2.28. The molecule has 1 rings (SSSR count). The molecule has 0 aromatic carbocycles. The minimum atomic E-state index is 0.616. The van der Waals surface area contributed by atoms with E-state index in [1.165, 1.54) is 5.57 Å². The summed E-state index contributed by atoms with van der Waals surface area (Å²) in [5, 5.41) is 0. The molecule has 0 saturated heterocycles. The van der Waals surface area contributed by atoms with E-state index in [4.69, 9.17) is 0 Å². The second-order valence-electron chi connectivity index (χ2n) is 3.08. The van der Waals surface area contributed by atoms with Crippen molar-refractivity contribution in [3.8, 4) is 0 Å². The van der Waals surface area contributed by atoms with Gasteiger partial charge in [-0.1, -0.05) is 23.8 Å². The summed E-state index contributed by atoms with van der Waals surface area (Å²) >= 11 is 0. The van der Waals surface area contributed by atoms with E-state index < -0.39 is 0 Å². The third-order valence-corrected chi connectivity index (χ3v) is 1.88. The maximum Gasteiger partial charge on any atom is 0.0312 e. The van der Waals surface area contributed by atoms with Crippen molar-refractivity contribution in [2.45, 2.75) is 19.4 Å². The molecule has 10 heavy (non-hydrogen) atoms. The zero-order chi connectivity index (χ0) is 7.56. The molecule has 0 aliphatic heterocycles. The van der Waals surface area contributed by atoms with Crippen molar-refractivity contribution in [2.24, 2.45) is 0 Å². The van der Waals surface area contributed by atoms with E-state index in [0.29, 0.717) is 6.04 Å². The fourth-order valence-corrected chi connectivity index (χ4v) is 1.18. The van der Waals surface area contributed by atoms with Crippen LogP contribution in [0.15, 0.2) is 23.8 Å². The monoisotopic (exact) mass is 137 g/mol. The number of nitrogens with zero attached hydrogens (tertiary/aromatic N) is 1. The van der Waals surface area contributed by atoms with Crippen LogP contribution in [0.2, 0.25) is 0 Å². The average Bonchev–Trinajstić information content (AvgIpc) is 1.88. The van der Waals surface area contributed by atoms with Gasteiger partial charge in [0.25, 0.3) is 0 Å². The lowest BCUT2D eigenvalue weighted by Crippen LogP contribution is -2.26. The molecule has 1 unspecified atom stereocenters. The molecule has 0 heterocycles. The number of hydrogen-bond donors (Lipinski definition) is 0. The predicted molar refractivity (Wildman–Crippen MR) is 45.0 cm³/mol. The molecule has 0 spiro atoms. The van der Waals surface area contributed by atoms with Gasteiger partial charge in [0.05, 0.1) is 0 Å². The molecule has 0 aromatic rings. The van der Waals surface area contributed by atoms with Crippen molar-refractivity contribution in [1.29, 1.82) is 0 Å². The highest BCUT2D eigenvalue weighted by Crippen LogP contribution is 2.12. The second-order valence-corrected chi connectivity index (χ2v) is 3.08. The smallest absolute Gasteiger partial charge is 0.0312 e. The zero-order valence-electron chi connectivity index (χ0n) is 6.96. The maximum atomic E-state index is 2.31. The van der Waals surface area contributed by atoms with Crippen molar-refractivity contribution in [3.05, 3.63) is 23.8 Å². The summed E-state index contributed by atoms with van der Waals surface area (Å²) in [5.41, 5.74) is 1.38. The fourth-order valence-electron chi connectivity index (χ4n) is 1.18. The van der Waals surface area contributed by atoms with Gasteiger partial charge in [0, 0.05) is 6.04 Å². The summed E-state index contributed by atoms with van der Waals surface area (Å²) < 4.78 is 0. The number of allylic oxidation sites excluding steroid dienone is 2. The molecular weight excluding hydrogens is 122 g/mol. The van der Waals surface area contributed by atoms with Crippen molar-refractivity contribution in [3.63, 3.8) is 0 Å². The van der Waals surface area contributed by atoms with Crippen molar-refractivity contribution < 1.29 is 0 Å². The number of hydrogen-bond acceptors (Lipinski definition) is 1. The molecule has 1 aliphatic rings. The lowest BCUT2D eigenvalue weighted by Gasteiger charge is -2.22. The Labute approximate surface area is 63.0 Å². The second kappa shape index (κ2) is 3.02. The van der Waals surface area contributed by atoms with E-state index >= 15 is 0 Å². The van der Waals surface area contributed by atoms with E-state index in [1.54, 1.807) is 0 Å². The Balaban J connectivity index is 2.60. The van der Waals surface area contributed by atoms with Crippen molar-refractivity contribution in [2.75, 3.05) is 14.1 Å². The Bertz CT molecular complexity index is 166. The maximum absolute atomic E-state index is 2.31. The van der Waals surface area contributed by atoms with Crippen LogP contribution in [0.1, 0.15) is 13.3 Å². The summed E-state index contributed by atoms with van der Waals surface area (Å²) in [6.45, 7) is 2.14. The molecule has 0 saturated carbocycles. The highest BCUT2D eigenvalue weighted by Gasteiger charge is 2.08. The lowest BCUT2D eigenvalue weighted by atomic mass is 10.0. The Morgan fingerprint density at radius 2 is 2.20 bits per heavy atom. The van der Waals surface area contributed by atoms with Crippen LogP contribution >= 0.6 is 0 Å². The Morgan fingerprint density at radius 3 is 2.60 bits per heavy atom. The molecule has 1 atom stereocenters. The summed E-state index contributed by atoms with van der Waals surface area (Å²) in [5.74, 6) is 0. The van der Waals surface area contributed by atoms with Gasteiger partial charge in [-0.25, -0.2) is 0 Å². The van der Waals surface area contributed by atoms with E-state index in [2.05, 4.69) is 44.1 Å². The van der Waals surface area contributed by atoms with E-state index in [-0.39, 0.29) is 0 Å². The summed E-state index contributed by atoms with van der Waals surface area (Å²) in [4.78, 5) is 2.24. The Hall–Kier alpha value is -0.560.